The molecule has 0 saturated heterocycles. The molecule has 0 fully saturated rings. The minimum atomic E-state index is 0.305. The van der Waals surface area contributed by atoms with Crippen molar-refractivity contribution < 1.29 is 0 Å². The van der Waals surface area contributed by atoms with Gasteiger partial charge in [0.05, 0.1) is 5.69 Å². The van der Waals surface area contributed by atoms with Gasteiger partial charge in [-0.15, -0.1) is 0 Å². The Kier molecular flexibility index (Phi) is 5.63. The lowest BCUT2D eigenvalue weighted by Gasteiger charge is -2.20. The minimum Gasteiger partial charge on any atom is -0.310 e. The molecule has 0 radical (unpaired) electrons. The summed E-state index contributed by atoms with van der Waals surface area (Å²) >= 11 is 5.98. The molecule has 1 aromatic carbocycles. The van der Waals surface area contributed by atoms with Crippen LogP contribution in [0, 0.1) is 10.5 Å². The molecular weight excluding hydrogens is 429 g/mol. The van der Waals surface area contributed by atoms with Crippen LogP contribution >= 0.6 is 38.5 Å². The Morgan fingerprint density at radius 2 is 2.15 bits per heavy atom. The van der Waals surface area contributed by atoms with Gasteiger partial charge < -0.3 is 5.32 Å². The van der Waals surface area contributed by atoms with E-state index in [0.717, 1.165) is 23.1 Å². The largest absolute Gasteiger partial charge is 0.310 e. The number of halogens is 2. The highest BCUT2D eigenvalue weighted by atomic mass is 127. The van der Waals surface area contributed by atoms with Gasteiger partial charge in [-0.1, -0.05) is 22.9 Å². The van der Waals surface area contributed by atoms with E-state index in [9.17, 15) is 0 Å². The van der Waals surface area contributed by atoms with Gasteiger partial charge in [0, 0.05) is 33.2 Å². The molecule has 1 heterocycles. The average Bonchev–Trinajstić information content (AvgIpc) is 2.70. The highest BCUT2D eigenvalue weighted by Crippen LogP contribution is 2.26. The molecule has 20 heavy (non-hydrogen) atoms. The first kappa shape index (κ1) is 16.0. The summed E-state index contributed by atoms with van der Waals surface area (Å²) in [6, 6.07) is 8.91. The van der Waals surface area contributed by atoms with E-state index in [1.54, 1.807) is 0 Å². The maximum Gasteiger partial charge on any atom is 0.0596 e. The Hall–Kier alpha value is -0.400. The number of hydrogen-bond acceptors (Lipinski definition) is 2. The van der Waals surface area contributed by atoms with Gasteiger partial charge in [-0.25, -0.2) is 0 Å². The molecule has 1 unspecified atom stereocenters. The fourth-order valence-corrected chi connectivity index (χ4v) is 3.47. The number of aryl methyl sites for hydroxylation is 2. The second kappa shape index (κ2) is 7.04. The molecule has 1 aromatic heterocycles. The molecule has 1 N–H and O–H groups in total. The quantitative estimate of drug-likeness (QED) is 0.702. The number of benzene rings is 1. The Balaban J connectivity index is 2.31. The lowest BCUT2D eigenvalue weighted by atomic mass is 10.0. The molecule has 2 rings (SSSR count). The molecule has 0 saturated carbocycles. The third kappa shape index (κ3) is 3.83. The summed E-state index contributed by atoms with van der Waals surface area (Å²) in [5, 5.41) is 8.02. The standard InChI is InChI=1S/C15H19BrIN3/c1-4-18-15(9-12-7-10(2)19-20(12)3)13-8-11(16)5-6-14(13)17/h5-8,15,18H,4,9H2,1-3H3. The Labute approximate surface area is 142 Å². The van der Waals surface area contributed by atoms with Crippen molar-refractivity contribution in [3.63, 3.8) is 0 Å². The molecular formula is C15H19BrIN3. The maximum atomic E-state index is 4.44. The highest BCUT2D eigenvalue weighted by Gasteiger charge is 2.16. The van der Waals surface area contributed by atoms with Crippen LogP contribution in [0.3, 0.4) is 0 Å². The highest BCUT2D eigenvalue weighted by molar-refractivity contribution is 14.1. The molecule has 5 heteroatoms. The van der Waals surface area contributed by atoms with Crippen LogP contribution in [0.1, 0.15) is 29.9 Å². The summed E-state index contributed by atoms with van der Waals surface area (Å²) in [5.41, 5.74) is 3.66. The number of hydrogen-bond donors (Lipinski definition) is 1. The Morgan fingerprint density at radius 1 is 1.40 bits per heavy atom. The van der Waals surface area contributed by atoms with E-state index in [-0.39, 0.29) is 0 Å². The van der Waals surface area contributed by atoms with Crippen molar-refractivity contribution in [2.24, 2.45) is 7.05 Å². The van der Waals surface area contributed by atoms with Crippen LogP contribution in [0.25, 0.3) is 0 Å². The topological polar surface area (TPSA) is 29.9 Å². The number of likely N-dealkylation sites (N-methyl/N-ethyl adjacent to an activating group) is 1. The molecule has 0 aliphatic rings. The van der Waals surface area contributed by atoms with Crippen LogP contribution in [0.15, 0.2) is 28.7 Å². The predicted molar refractivity (Wildman–Crippen MR) is 94.9 cm³/mol. The lowest BCUT2D eigenvalue weighted by Crippen LogP contribution is -2.24. The van der Waals surface area contributed by atoms with E-state index >= 15 is 0 Å². The number of nitrogens with zero attached hydrogens (tertiary/aromatic N) is 2. The van der Waals surface area contributed by atoms with Crippen molar-refractivity contribution in [1.82, 2.24) is 15.1 Å². The second-order valence-corrected chi connectivity index (χ2v) is 6.96. The zero-order chi connectivity index (χ0) is 14.7. The monoisotopic (exact) mass is 447 g/mol. The van der Waals surface area contributed by atoms with Crippen LogP contribution in [-0.2, 0) is 13.5 Å². The lowest BCUT2D eigenvalue weighted by molar-refractivity contribution is 0.526. The minimum absolute atomic E-state index is 0.305. The van der Waals surface area contributed by atoms with Crippen LogP contribution in [0.4, 0.5) is 0 Å². The van der Waals surface area contributed by atoms with E-state index in [1.807, 2.05) is 18.7 Å². The fourth-order valence-electron chi connectivity index (χ4n) is 2.38. The van der Waals surface area contributed by atoms with Crippen molar-refractivity contribution in [2.45, 2.75) is 26.3 Å². The van der Waals surface area contributed by atoms with Gasteiger partial charge in [-0.3, -0.25) is 4.68 Å². The summed E-state index contributed by atoms with van der Waals surface area (Å²) in [4.78, 5) is 0. The third-order valence-electron chi connectivity index (χ3n) is 3.30. The SMILES string of the molecule is CCNC(Cc1cc(C)nn1C)c1cc(Br)ccc1I. The van der Waals surface area contributed by atoms with Gasteiger partial charge >= 0.3 is 0 Å². The summed E-state index contributed by atoms with van der Waals surface area (Å²) < 4.78 is 4.39. The van der Waals surface area contributed by atoms with E-state index in [2.05, 4.69) is 80.1 Å². The number of rotatable bonds is 5. The van der Waals surface area contributed by atoms with Gasteiger partial charge in [0.1, 0.15) is 0 Å². The van der Waals surface area contributed by atoms with E-state index < -0.39 is 0 Å². The molecule has 1 atom stereocenters. The van der Waals surface area contributed by atoms with Crippen molar-refractivity contribution in [2.75, 3.05) is 6.54 Å². The van der Waals surface area contributed by atoms with Crippen LogP contribution in [-0.4, -0.2) is 16.3 Å². The van der Waals surface area contributed by atoms with Crippen molar-refractivity contribution in [3.05, 3.63) is 49.3 Å². The first-order chi connectivity index (χ1) is 9.51. The average molecular weight is 448 g/mol. The van der Waals surface area contributed by atoms with E-state index in [4.69, 9.17) is 0 Å². The molecule has 0 spiro atoms. The maximum absolute atomic E-state index is 4.44. The second-order valence-electron chi connectivity index (χ2n) is 4.88. The summed E-state index contributed by atoms with van der Waals surface area (Å²) in [7, 11) is 2.01. The Bertz CT molecular complexity index is 595. The van der Waals surface area contributed by atoms with E-state index in [1.165, 1.54) is 14.8 Å². The first-order valence-corrected chi connectivity index (χ1v) is 8.56. The van der Waals surface area contributed by atoms with Gasteiger partial charge in [0.15, 0.2) is 0 Å². The van der Waals surface area contributed by atoms with Crippen LogP contribution < -0.4 is 5.32 Å². The predicted octanol–water partition coefficient (Wildman–Crippen LogP) is 3.99. The molecule has 0 aliphatic carbocycles. The molecule has 0 bridgehead atoms. The number of aromatic nitrogens is 2. The van der Waals surface area contributed by atoms with Crippen molar-refractivity contribution in [1.29, 1.82) is 0 Å². The smallest absolute Gasteiger partial charge is 0.0596 e. The molecule has 2 aromatic rings. The van der Waals surface area contributed by atoms with Gasteiger partial charge in [0.25, 0.3) is 0 Å². The summed E-state index contributed by atoms with van der Waals surface area (Å²) in [6.45, 7) is 5.13. The zero-order valence-electron chi connectivity index (χ0n) is 12.0. The zero-order valence-corrected chi connectivity index (χ0v) is 15.7. The normalized spacial score (nSPS) is 12.7. The van der Waals surface area contributed by atoms with Gasteiger partial charge in [-0.2, -0.15) is 5.10 Å². The van der Waals surface area contributed by atoms with Gasteiger partial charge in [0.2, 0.25) is 0 Å². The first-order valence-electron chi connectivity index (χ1n) is 6.69. The third-order valence-corrected chi connectivity index (χ3v) is 4.77. The molecule has 0 amide bonds. The Morgan fingerprint density at radius 3 is 2.75 bits per heavy atom. The summed E-state index contributed by atoms with van der Waals surface area (Å²) in [6.07, 6.45) is 0.942. The van der Waals surface area contributed by atoms with Crippen molar-refractivity contribution >= 4 is 38.5 Å². The van der Waals surface area contributed by atoms with Crippen LogP contribution in [0.5, 0.6) is 0 Å². The van der Waals surface area contributed by atoms with Gasteiger partial charge in [-0.05, 0) is 65.9 Å². The molecule has 108 valence electrons. The van der Waals surface area contributed by atoms with Crippen molar-refractivity contribution in [3.8, 4) is 0 Å². The van der Waals surface area contributed by atoms with E-state index in [0.29, 0.717) is 6.04 Å². The number of nitrogens with one attached hydrogen (secondary N) is 1. The van der Waals surface area contributed by atoms with Crippen LogP contribution in [0.2, 0.25) is 0 Å². The molecule has 0 aliphatic heterocycles. The fraction of sp³-hybridized carbons (Fsp3) is 0.400. The molecule has 3 nitrogen and oxygen atoms in total. The summed E-state index contributed by atoms with van der Waals surface area (Å²) in [5.74, 6) is 0.